The zero-order valence-electron chi connectivity index (χ0n) is 9.67. The Morgan fingerprint density at radius 1 is 1.53 bits per heavy atom. The predicted molar refractivity (Wildman–Crippen MR) is 74.3 cm³/mol. The molecule has 0 radical (unpaired) electrons. The number of carbonyl (C=O) groups is 1. The number of halogens is 1. The molecule has 1 amide bonds. The van der Waals surface area contributed by atoms with Gasteiger partial charge in [0.25, 0.3) is 0 Å². The van der Waals surface area contributed by atoms with Crippen LogP contribution >= 0.6 is 27.3 Å². The van der Waals surface area contributed by atoms with E-state index in [1.807, 2.05) is 0 Å². The van der Waals surface area contributed by atoms with E-state index in [0.717, 1.165) is 43.4 Å². The van der Waals surface area contributed by atoms with Crippen molar-refractivity contribution in [2.24, 2.45) is 5.92 Å². The molecule has 1 aliphatic rings. The molecule has 1 fully saturated rings. The third-order valence-corrected chi connectivity index (χ3v) is 4.76. The van der Waals surface area contributed by atoms with E-state index in [9.17, 15) is 4.79 Å². The van der Waals surface area contributed by atoms with Gasteiger partial charge < -0.3 is 10.6 Å². The first kappa shape index (κ1) is 13.1. The van der Waals surface area contributed by atoms with Crippen molar-refractivity contribution in [1.82, 2.24) is 10.6 Å². The summed E-state index contributed by atoms with van der Waals surface area (Å²) in [5.41, 5.74) is 0. The molecule has 1 saturated heterocycles. The summed E-state index contributed by atoms with van der Waals surface area (Å²) in [5, 5.41) is 8.38. The first-order valence-corrected chi connectivity index (χ1v) is 7.64. The number of amides is 1. The molecule has 1 aromatic heterocycles. The lowest BCUT2D eigenvalue weighted by atomic mass is 9.97. The molecular formula is C12H17BrN2OS. The van der Waals surface area contributed by atoms with Gasteiger partial charge in [0, 0.05) is 27.2 Å². The van der Waals surface area contributed by atoms with E-state index in [2.05, 4.69) is 38.0 Å². The van der Waals surface area contributed by atoms with Crippen molar-refractivity contribution in [1.29, 1.82) is 0 Å². The van der Waals surface area contributed by atoms with Crippen LogP contribution in [0.1, 0.15) is 17.7 Å². The Labute approximate surface area is 114 Å². The summed E-state index contributed by atoms with van der Waals surface area (Å²) in [6.07, 6.45) is 2.86. The fourth-order valence-electron chi connectivity index (χ4n) is 2.02. The Kier molecular flexibility index (Phi) is 5.00. The number of piperidine rings is 1. The maximum Gasteiger partial charge on any atom is 0.223 e. The Bertz CT molecular complexity index is 374. The van der Waals surface area contributed by atoms with Gasteiger partial charge in [0.1, 0.15) is 0 Å². The zero-order valence-corrected chi connectivity index (χ0v) is 12.1. The molecule has 0 atom stereocenters. The largest absolute Gasteiger partial charge is 0.355 e. The molecule has 2 heterocycles. The highest BCUT2D eigenvalue weighted by molar-refractivity contribution is 9.10. The topological polar surface area (TPSA) is 41.1 Å². The average molecular weight is 317 g/mol. The molecule has 1 aromatic rings. The van der Waals surface area contributed by atoms with Crippen LogP contribution in [-0.2, 0) is 11.2 Å². The fourth-order valence-corrected chi connectivity index (χ4v) is 3.48. The third kappa shape index (κ3) is 4.08. The number of thiophene rings is 1. The number of hydrogen-bond acceptors (Lipinski definition) is 3. The van der Waals surface area contributed by atoms with Gasteiger partial charge in [0.05, 0.1) is 0 Å². The molecule has 0 saturated carbocycles. The summed E-state index contributed by atoms with van der Waals surface area (Å²) >= 11 is 5.16. The summed E-state index contributed by atoms with van der Waals surface area (Å²) in [6.45, 7) is 2.68. The summed E-state index contributed by atoms with van der Waals surface area (Å²) in [5.74, 6) is 0.438. The predicted octanol–water partition coefficient (Wildman–Crippen LogP) is 2.17. The minimum Gasteiger partial charge on any atom is -0.355 e. The Balaban J connectivity index is 1.69. The van der Waals surface area contributed by atoms with Crippen molar-refractivity contribution >= 4 is 33.2 Å². The minimum atomic E-state index is 0.214. The number of nitrogens with one attached hydrogen (secondary N) is 2. The number of rotatable bonds is 4. The second kappa shape index (κ2) is 6.52. The van der Waals surface area contributed by atoms with Crippen LogP contribution in [0.3, 0.4) is 0 Å². The van der Waals surface area contributed by atoms with Gasteiger partial charge in [-0.1, -0.05) is 0 Å². The van der Waals surface area contributed by atoms with Gasteiger partial charge in [-0.05, 0) is 54.3 Å². The second-order valence-corrected chi connectivity index (χ2v) is 6.21. The molecule has 2 rings (SSSR count). The van der Waals surface area contributed by atoms with Gasteiger partial charge in [-0.15, -0.1) is 11.3 Å². The van der Waals surface area contributed by atoms with Gasteiger partial charge >= 0.3 is 0 Å². The average Bonchev–Trinajstić information content (AvgIpc) is 2.76. The molecule has 0 bridgehead atoms. The first-order valence-electron chi connectivity index (χ1n) is 5.97. The lowest BCUT2D eigenvalue weighted by molar-refractivity contribution is -0.125. The molecule has 2 N–H and O–H groups in total. The third-order valence-electron chi connectivity index (χ3n) is 3.00. The Morgan fingerprint density at radius 3 is 2.94 bits per heavy atom. The van der Waals surface area contributed by atoms with Crippen molar-refractivity contribution in [2.45, 2.75) is 19.3 Å². The maximum absolute atomic E-state index is 11.8. The van der Waals surface area contributed by atoms with Gasteiger partial charge in [-0.3, -0.25) is 4.79 Å². The van der Waals surface area contributed by atoms with E-state index in [0.29, 0.717) is 0 Å². The van der Waals surface area contributed by atoms with E-state index in [4.69, 9.17) is 0 Å². The molecule has 3 nitrogen and oxygen atoms in total. The maximum atomic E-state index is 11.8. The molecule has 94 valence electrons. The van der Waals surface area contributed by atoms with Crippen LogP contribution in [0.5, 0.6) is 0 Å². The summed E-state index contributed by atoms with van der Waals surface area (Å²) < 4.78 is 1.13. The standard InChI is InChI=1S/C12H17BrN2OS/c13-10-7-11(17-8-10)3-6-15-12(16)9-1-4-14-5-2-9/h7-9,14H,1-6H2,(H,15,16). The van der Waals surface area contributed by atoms with Crippen molar-refractivity contribution in [3.8, 4) is 0 Å². The second-order valence-electron chi connectivity index (χ2n) is 4.30. The molecule has 0 unspecified atom stereocenters. The summed E-state index contributed by atoms with van der Waals surface area (Å²) in [6, 6.07) is 2.11. The fraction of sp³-hybridized carbons (Fsp3) is 0.583. The van der Waals surface area contributed by atoms with E-state index < -0.39 is 0 Å². The van der Waals surface area contributed by atoms with E-state index in [-0.39, 0.29) is 11.8 Å². The van der Waals surface area contributed by atoms with Crippen molar-refractivity contribution in [3.05, 3.63) is 20.8 Å². The lowest BCUT2D eigenvalue weighted by Gasteiger charge is -2.21. The van der Waals surface area contributed by atoms with Crippen molar-refractivity contribution in [2.75, 3.05) is 19.6 Å². The van der Waals surface area contributed by atoms with Crippen LogP contribution in [0.2, 0.25) is 0 Å². The first-order chi connectivity index (χ1) is 8.25. The summed E-state index contributed by atoms with van der Waals surface area (Å²) in [4.78, 5) is 13.2. The van der Waals surface area contributed by atoms with E-state index >= 15 is 0 Å². The van der Waals surface area contributed by atoms with Crippen molar-refractivity contribution < 1.29 is 4.79 Å². The minimum absolute atomic E-state index is 0.214. The van der Waals surface area contributed by atoms with Crippen LogP contribution in [0.4, 0.5) is 0 Å². The van der Waals surface area contributed by atoms with Gasteiger partial charge in [0.15, 0.2) is 0 Å². The SMILES string of the molecule is O=C(NCCc1cc(Br)cs1)C1CCNCC1. The molecule has 5 heteroatoms. The monoisotopic (exact) mass is 316 g/mol. The van der Waals surface area contributed by atoms with Crippen LogP contribution in [0.25, 0.3) is 0 Å². The Morgan fingerprint density at radius 2 is 2.29 bits per heavy atom. The zero-order chi connectivity index (χ0) is 12.1. The smallest absolute Gasteiger partial charge is 0.223 e. The van der Waals surface area contributed by atoms with E-state index in [1.165, 1.54) is 4.88 Å². The highest BCUT2D eigenvalue weighted by Gasteiger charge is 2.20. The van der Waals surface area contributed by atoms with Crippen LogP contribution in [0.15, 0.2) is 15.9 Å². The van der Waals surface area contributed by atoms with Crippen LogP contribution in [0, 0.1) is 5.92 Å². The highest BCUT2D eigenvalue weighted by atomic mass is 79.9. The van der Waals surface area contributed by atoms with Crippen LogP contribution in [-0.4, -0.2) is 25.5 Å². The quantitative estimate of drug-likeness (QED) is 0.894. The normalized spacial score (nSPS) is 17.0. The van der Waals surface area contributed by atoms with Gasteiger partial charge in [-0.25, -0.2) is 0 Å². The van der Waals surface area contributed by atoms with Gasteiger partial charge in [0.2, 0.25) is 5.91 Å². The molecule has 1 aliphatic heterocycles. The van der Waals surface area contributed by atoms with Crippen molar-refractivity contribution in [3.63, 3.8) is 0 Å². The number of hydrogen-bond donors (Lipinski definition) is 2. The lowest BCUT2D eigenvalue weighted by Crippen LogP contribution is -2.38. The molecule has 17 heavy (non-hydrogen) atoms. The summed E-state index contributed by atoms with van der Waals surface area (Å²) in [7, 11) is 0. The molecule has 0 aliphatic carbocycles. The van der Waals surface area contributed by atoms with Gasteiger partial charge in [-0.2, -0.15) is 0 Å². The molecule has 0 spiro atoms. The Hall–Kier alpha value is -0.390. The number of carbonyl (C=O) groups excluding carboxylic acids is 1. The molecular weight excluding hydrogens is 300 g/mol. The molecule has 0 aromatic carbocycles. The van der Waals surface area contributed by atoms with Crippen LogP contribution < -0.4 is 10.6 Å². The van der Waals surface area contributed by atoms with E-state index in [1.54, 1.807) is 11.3 Å². The highest BCUT2D eigenvalue weighted by Crippen LogP contribution is 2.19.